The van der Waals surface area contributed by atoms with Crippen molar-refractivity contribution >= 4 is 38.8 Å². The number of thiophene rings is 1. The Morgan fingerprint density at radius 2 is 2.05 bits per heavy atom. The third-order valence-electron chi connectivity index (χ3n) is 2.49. The van der Waals surface area contributed by atoms with Crippen molar-refractivity contribution in [3.8, 4) is 0 Å². The standard InChI is InChI=1S/C12H12F2N2O2S3/c13-12(14)20-11-4-2-1-3-10(11)16-21(17,18)9-5-8(6-15)19-7-9/h1-5,7,12,16H,6,15H2. The number of thioether (sulfide) groups is 1. The van der Waals surface area contributed by atoms with Gasteiger partial charge in [-0.15, -0.1) is 11.3 Å². The Kier molecular flexibility index (Phi) is 5.20. The molecule has 0 bridgehead atoms. The second-order valence-corrected chi connectivity index (χ2v) is 7.64. The smallest absolute Gasteiger partial charge is 0.288 e. The number of sulfonamides is 1. The van der Waals surface area contributed by atoms with Gasteiger partial charge in [-0.1, -0.05) is 23.9 Å². The first-order valence-electron chi connectivity index (χ1n) is 5.76. The topological polar surface area (TPSA) is 72.2 Å². The van der Waals surface area contributed by atoms with Crippen molar-refractivity contribution in [2.24, 2.45) is 5.73 Å². The van der Waals surface area contributed by atoms with Crippen molar-refractivity contribution < 1.29 is 17.2 Å². The van der Waals surface area contributed by atoms with E-state index in [1.165, 1.54) is 34.9 Å². The molecule has 1 heterocycles. The molecule has 9 heteroatoms. The van der Waals surface area contributed by atoms with E-state index in [-0.39, 0.29) is 22.0 Å². The van der Waals surface area contributed by atoms with Crippen LogP contribution in [0, 0.1) is 0 Å². The van der Waals surface area contributed by atoms with Crippen LogP contribution in [-0.4, -0.2) is 14.2 Å². The molecule has 2 aromatic rings. The number of anilines is 1. The van der Waals surface area contributed by atoms with Crippen LogP contribution in [0.1, 0.15) is 4.88 Å². The highest BCUT2D eigenvalue weighted by Crippen LogP contribution is 2.33. The summed E-state index contributed by atoms with van der Waals surface area (Å²) in [6.07, 6.45) is 0. The molecule has 0 spiro atoms. The summed E-state index contributed by atoms with van der Waals surface area (Å²) in [5.41, 5.74) is 5.57. The van der Waals surface area contributed by atoms with E-state index in [1.54, 1.807) is 12.1 Å². The van der Waals surface area contributed by atoms with Crippen LogP contribution >= 0.6 is 23.1 Å². The lowest BCUT2D eigenvalue weighted by Crippen LogP contribution is -2.13. The maximum absolute atomic E-state index is 12.5. The number of hydrogen-bond donors (Lipinski definition) is 2. The molecule has 0 atom stereocenters. The zero-order valence-corrected chi connectivity index (χ0v) is 13.1. The summed E-state index contributed by atoms with van der Waals surface area (Å²) in [7, 11) is -3.81. The summed E-state index contributed by atoms with van der Waals surface area (Å²) in [5.74, 6) is -2.62. The molecule has 0 unspecified atom stereocenters. The lowest BCUT2D eigenvalue weighted by molar-refractivity contribution is 0.252. The van der Waals surface area contributed by atoms with Crippen molar-refractivity contribution in [3.05, 3.63) is 40.6 Å². The third kappa shape index (κ3) is 4.16. The number of nitrogens with one attached hydrogen (secondary N) is 1. The molecule has 0 saturated heterocycles. The van der Waals surface area contributed by atoms with Gasteiger partial charge in [0.1, 0.15) is 0 Å². The zero-order valence-electron chi connectivity index (χ0n) is 10.6. The Labute approximate surface area is 129 Å². The van der Waals surface area contributed by atoms with E-state index in [9.17, 15) is 17.2 Å². The molecule has 1 aromatic carbocycles. The summed E-state index contributed by atoms with van der Waals surface area (Å²) >= 11 is 1.53. The van der Waals surface area contributed by atoms with Crippen molar-refractivity contribution in [1.29, 1.82) is 0 Å². The van der Waals surface area contributed by atoms with Crippen molar-refractivity contribution in [3.63, 3.8) is 0 Å². The second-order valence-electron chi connectivity index (χ2n) is 3.93. The number of para-hydroxylation sites is 1. The van der Waals surface area contributed by atoms with Crippen molar-refractivity contribution in [2.75, 3.05) is 4.72 Å². The van der Waals surface area contributed by atoms with Crippen LogP contribution in [-0.2, 0) is 16.6 Å². The van der Waals surface area contributed by atoms with Gasteiger partial charge in [-0.05, 0) is 18.2 Å². The SMILES string of the molecule is NCc1cc(S(=O)(=O)Nc2ccccc2SC(F)F)cs1. The van der Waals surface area contributed by atoms with Gasteiger partial charge < -0.3 is 5.73 Å². The molecule has 2 rings (SSSR count). The number of halogens is 2. The van der Waals surface area contributed by atoms with Gasteiger partial charge in [0.15, 0.2) is 0 Å². The Bertz CT molecular complexity index is 717. The quantitative estimate of drug-likeness (QED) is 0.784. The number of hydrogen-bond acceptors (Lipinski definition) is 5. The predicted molar refractivity (Wildman–Crippen MR) is 81.3 cm³/mol. The monoisotopic (exact) mass is 350 g/mol. The first kappa shape index (κ1) is 16.2. The number of alkyl halides is 2. The molecule has 0 fully saturated rings. The highest BCUT2D eigenvalue weighted by atomic mass is 32.2. The Morgan fingerprint density at radius 3 is 2.67 bits per heavy atom. The van der Waals surface area contributed by atoms with Gasteiger partial charge in [0.05, 0.1) is 10.6 Å². The maximum Gasteiger partial charge on any atom is 0.288 e. The van der Waals surface area contributed by atoms with Crippen LogP contribution < -0.4 is 10.5 Å². The van der Waals surface area contributed by atoms with Gasteiger partial charge >= 0.3 is 0 Å². The van der Waals surface area contributed by atoms with Crippen LogP contribution in [0.2, 0.25) is 0 Å². The average Bonchev–Trinajstić information content (AvgIpc) is 2.90. The lowest BCUT2D eigenvalue weighted by Gasteiger charge is -2.11. The minimum atomic E-state index is -3.81. The molecule has 114 valence electrons. The predicted octanol–water partition coefficient (Wildman–Crippen LogP) is 3.32. The summed E-state index contributed by atoms with van der Waals surface area (Å²) in [6.45, 7) is 0.248. The summed E-state index contributed by atoms with van der Waals surface area (Å²) < 4.78 is 51.7. The number of benzene rings is 1. The highest BCUT2D eigenvalue weighted by Gasteiger charge is 2.19. The second kappa shape index (κ2) is 6.73. The van der Waals surface area contributed by atoms with Crippen molar-refractivity contribution in [2.45, 2.75) is 22.1 Å². The first-order valence-corrected chi connectivity index (χ1v) is 9.01. The largest absolute Gasteiger partial charge is 0.326 e. The molecule has 21 heavy (non-hydrogen) atoms. The normalized spacial score (nSPS) is 11.8. The fraction of sp³-hybridized carbons (Fsp3) is 0.167. The summed E-state index contributed by atoms with van der Waals surface area (Å²) in [6, 6.07) is 7.49. The van der Waals surface area contributed by atoms with Gasteiger partial charge in [0, 0.05) is 21.7 Å². The molecule has 0 amide bonds. The van der Waals surface area contributed by atoms with E-state index in [0.717, 1.165) is 4.88 Å². The van der Waals surface area contributed by atoms with Gasteiger partial charge in [-0.25, -0.2) is 8.42 Å². The van der Waals surface area contributed by atoms with E-state index in [1.807, 2.05) is 0 Å². The molecular weight excluding hydrogens is 338 g/mol. The average molecular weight is 350 g/mol. The van der Waals surface area contributed by atoms with E-state index in [4.69, 9.17) is 5.73 Å². The highest BCUT2D eigenvalue weighted by molar-refractivity contribution is 7.99. The third-order valence-corrected chi connectivity index (χ3v) is 5.73. The molecule has 1 aromatic heterocycles. The van der Waals surface area contributed by atoms with Crippen LogP contribution in [0.25, 0.3) is 0 Å². The van der Waals surface area contributed by atoms with Gasteiger partial charge in [-0.2, -0.15) is 8.78 Å². The van der Waals surface area contributed by atoms with Crippen molar-refractivity contribution in [1.82, 2.24) is 0 Å². The van der Waals surface area contributed by atoms with E-state index in [2.05, 4.69) is 4.72 Å². The molecule has 0 saturated carbocycles. The minimum absolute atomic E-state index is 0.0739. The van der Waals surface area contributed by atoms with E-state index in [0.29, 0.717) is 11.8 Å². The maximum atomic E-state index is 12.5. The van der Waals surface area contributed by atoms with Crippen LogP contribution in [0.3, 0.4) is 0 Å². The van der Waals surface area contributed by atoms with E-state index < -0.39 is 15.8 Å². The minimum Gasteiger partial charge on any atom is -0.326 e. The van der Waals surface area contributed by atoms with Gasteiger partial charge in [-0.3, -0.25) is 4.72 Å². The zero-order chi connectivity index (χ0) is 15.5. The molecular formula is C12H12F2N2O2S3. The Morgan fingerprint density at radius 1 is 1.33 bits per heavy atom. The number of rotatable bonds is 6. The Balaban J connectivity index is 2.28. The van der Waals surface area contributed by atoms with Gasteiger partial charge in [0.25, 0.3) is 15.8 Å². The fourth-order valence-electron chi connectivity index (χ4n) is 1.56. The van der Waals surface area contributed by atoms with Crippen LogP contribution in [0.15, 0.2) is 45.5 Å². The summed E-state index contributed by atoms with van der Waals surface area (Å²) in [4.78, 5) is 0.973. The van der Waals surface area contributed by atoms with Gasteiger partial charge in [0.2, 0.25) is 0 Å². The number of nitrogens with two attached hydrogens (primary N) is 1. The fourth-order valence-corrected chi connectivity index (χ4v) is 4.46. The first-order chi connectivity index (χ1) is 9.92. The molecule has 4 nitrogen and oxygen atoms in total. The lowest BCUT2D eigenvalue weighted by atomic mass is 10.3. The summed E-state index contributed by atoms with van der Waals surface area (Å²) in [5, 5.41) is 1.47. The van der Waals surface area contributed by atoms with Crippen LogP contribution in [0.5, 0.6) is 0 Å². The van der Waals surface area contributed by atoms with E-state index >= 15 is 0 Å². The molecule has 0 aliphatic heterocycles. The molecule has 0 aliphatic carbocycles. The molecule has 0 aliphatic rings. The molecule has 0 radical (unpaired) electrons. The van der Waals surface area contributed by atoms with Crippen LogP contribution in [0.4, 0.5) is 14.5 Å². The Hall–Kier alpha value is -1.16. The molecule has 3 N–H and O–H groups in total.